The van der Waals surface area contributed by atoms with Crippen LogP contribution in [0.5, 0.6) is 0 Å². The first-order valence-electron chi connectivity index (χ1n) is 8.95. The van der Waals surface area contributed by atoms with Gasteiger partial charge in [-0.2, -0.15) is 0 Å². The van der Waals surface area contributed by atoms with E-state index in [-0.39, 0.29) is 36.3 Å². The highest BCUT2D eigenvalue weighted by Crippen LogP contribution is 2.33. The Kier molecular flexibility index (Phi) is 9.97. The van der Waals surface area contributed by atoms with Crippen LogP contribution in [0.25, 0.3) is 0 Å². The molecular formula is C16H33IN4O3S. The Bertz CT molecular complexity index is 525. The van der Waals surface area contributed by atoms with Gasteiger partial charge < -0.3 is 15.4 Å². The van der Waals surface area contributed by atoms with Gasteiger partial charge in [0.2, 0.25) is 0 Å². The Morgan fingerprint density at radius 3 is 2.64 bits per heavy atom. The molecule has 2 unspecified atom stereocenters. The van der Waals surface area contributed by atoms with Gasteiger partial charge in [0.1, 0.15) is 9.84 Å². The van der Waals surface area contributed by atoms with Gasteiger partial charge in [-0.25, -0.2) is 8.42 Å². The second kappa shape index (κ2) is 10.9. The molecule has 0 spiro atoms. The van der Waals surface area contributed by atoms with Crippen molar-refractivity contribution in [3.63, 3.8) is 0 Å². The molecule has 2 rings (SSSR count). The Hall–Kier alpha value is -0.130. The second-order valence-electron chi connectivity index (χ2n) is 6.86. The number of hydrogen-bond acceptors (Lipinski definition) is 5. The molecule has 1 aliphatic carbocycles. The smallest absolute Gasteiger partial charge is 0.191 e. The van der Waals surface area contributed by atoms with E-state index < -0.39 is 9.84 Å². The minimum absolute atomic E-state index is 0. The average molecular weight is 488 g/mol. The number of nitrogens with zero attached hydrogens (tertiary/aromatic N) is 2. The number of likely N-dealkylation sites (tertiary alicyclic amines) is 1. The predicted octanol–water partition coefficient (Wildman–Crippen LogP) is 0.846. The highest BCUT2D eigenvalue weighted by Gasteiger charge is 2.38. The molecule has 148 valence electrons. The van der Waals surface area contributed by atoms with E-state index in [1.807, 2.05) is 6.92 Å². The van der Waals surface area contributed by atoms with Gasteiger partial charge in [-0.1, -0.05) is 0 Å². The number of guanidine groups is 1. The molecule has 9 heteroatoms. The van der Waals surface area contributed by atoms with Crippen molar-refractivity contribution < 1.29 is 13.2 Å². The molecule has 25 heavy (non-hydrogen) atoms. The number of aliphatic imine (C=N–C) groups is 1. The first-order valence-corrected chi connectivity index (χ1v) is 11.0. The molecule has 1 heterocycles. The molecule has 0 radical (unpaired) electrons. The molecule has 1 saturated heterocycles. The lowest BCUT2D eigenvalue weighted by atomic mass is 10.2. The number of nitrogens with one attached hydrogen (secondary N) is 2. The third-order valence-electron chi connectivity index (χ3n) is 4.43. The summed E-state index contributed by atoms with van der Waals surface area (Å²) in [5, 5.41) is 6.79. The molecule has 0 bridgehead atoms. The molecule has 0 amide bonds. The van der Waals surface area contributed by atoms with Crippen molar-refractivity contribution in [2.45, 2.75) is 51.2 Å². The van der Waals surface area contributed by atoms with Gasteiger partial charge in [0, 0.05) is 37.5 Å². The van der Waals surface area contributed by atoms with Crippen LogP contribution in [0.3, 0.4) is 0 Å². The summed E-state index contributed by atoms with van der Waals surface area (Å²) in [6.07, 6.45) is 5.05. The Morgan fingerprint density at radius 2 is 2.04 bits per heavy atom. The first-order chi connectivity index (χ1) is 11.4. The molecule has 1 saturated carbocycles. The topological polar surface area (TPSA) is 83.0 Å². The summed E-state index contributed by atoms with van der Waals surface area (Å²) in [4.78, 5) is 7.13. The molecule has 0 aromatic heterocycles. The van der Waals surface area contributed by atoms with Crippen molar-refractivity contribution >= 4 is 39.8 Å². The van der Waals surface area contributed by atoms with Crippen molar-refractivity contribution in [1.82, 2.24) is 15.5 Å². The van der Waals surface area contributed by atoms with E-state index in [0.717, 1.165) is 31.5 Å². The maximum Gasteiger partial charge on any atom is 0.191 e. The van der Waals surface area contributed by atoms with Crippen molar-refractivity contribution in [2.24, 2.45) is 4.99 Å². The van der Waals surface area contributed by atoms with E-state index in [1.54, 1.807) is 0 Å². The quantitative estimate of drug-likeness (QED) is 0.217. The molecule has 2 fully saturated rings. The molecule has 0 aromatic carbocycles. The zero-order chi connectivity index (χ0) is 17.6. The first kappa shape index (κ1) is 22.9. The van der Waals surface area contributed by atoms with Crippen LogP contribution in [0.2, 0.25) is 0 Å². The van der Waals surface area contributed by atoms with E-state index in [1.165, 1.54) is 19.1 Å². The summed E-state index contributed by atoms with van der Waals surface area (Å²) in [5.41, 5.74) is 0. The summed E-state index contributed by atoms with van der Waals surface area (Å²) in [6, 6.07) is 1.87. The van der Waals surface area contributed by atoms with Crippen molar-refractivity contribution in [2.75, 3.05) is 44.9 Å². The molecule has 2 atom stereocenters. The number of ether oxygens (including phenoxy) is 1. The molecule has 2 N–H and O–H groups in total. The average Bonchev–Trinajstić information content (AvgIpc) is 3.26. The van der Waals surface area contributed by atoms with Crippen LogP contribution in [-0.4, -0.2) is 82.3 Å². The third-order valence-corrected chi connectivity index (χ3v) is 5.34. The van der Waals surface area contributed by atoms with E-state index >= 15 is 0 Å². The molecule has 7 nitrogen and oxygen atoms in total. The lowest BCUT2D eigenvalue weighted by molar-refractivity contribution is 0.157. The van der Waals surface area contributed by atoms with Crippen LogP contribution in [0.1, 0.15) is 33.1 Å². The van der Waals surface area contributed by atoms with Gasteiger partial charge in [0.25, 0.3) is 0 Å². The SMILES string of the molecule is CCNC(=NCCOCCS(C)(=O)=O)NC1CC(C)N(C2CC2)C1.I. The predicted molar refractivity (Wildman–Crippen MR) is 113 cm³/mol. The van der Waals surface area contributed by atoms with Gasteiger partial charge >= 0.3 is 0 Å². The Labute approximate surface area is 169 Å². The maximum atomic E-state index is 11.0. The Balaban J connectivity index is 0.00000312. The molecule has 2 aliphatic rings. The van der Waals surface area contributed by atoms with Crippen molar-refractivity contribution in [3.05, 3.63) is 0 Å². The fraction of sp³-hybridized carbons (Fsp3) is 0.938. The van der Waals surface area contributed by atoms with Gasteiger partial charge in [-0.15, -0.1) is 24.0 Å². The van der Waals surface area contributed by atoms with Crippen LogP contribution in [0.15, 0.2) is 4.99 Å². The van der Waals surface area contributed by atoms with E-state index in [4.69, 9.17) is 4.74 Å². The number of halogens is 1. The largest absolute Gasteiger partial charge is 0.378 e. The summed E-state index contributed by atoms with van der Waals surface area (Å²) < 4.78 is 27.4. The van der Waals surface area contributed by atoms with Crippen molar-refractivity contribution in [1.29, 1.82) is 0 Å². The van der Waals surface area contributed by atoms with Gasteiger partial charge in [-0.05, 0) is 33.1 Å². The monoisotopic (exact) mass is 488 g/mol. The Morgan fingerprint density at radius 1 is 1.32 bits per heavy atom. The van der Waals surface area contributed by atoms with Crippen molar-refractivity contribution in [3.8, 4) is 0 Å². The van der Waals surface area contributed by atoms with Crippen LogP contribution in [-0.2, 0) is 14.6 Å². The minimum Gasteiger partial charge on any atom is -0.378 e. The minimum atomic E-state index is -2.95. The van der Waals surface area contributed by atoms with Gasteiger partial charge in [0.15, 0.2) is 5.96 Å². The van der Waals surface area contributed by atoms with Crippen LogP contribution in [0.4, 0.5) is 0 Å². The second-order valence-corrected chi connectivity index (χ2v) is 9.12. The molecular weight excluding hydrogens is 455 g/mol. The summed E-state index contributed by atoms with van der Waals surface area (Å²) in [6.45, 7) is 7.44. The highest BCUT2D eigenvalue weighted by molar-refractivity contribution is 14.0. The third kappa shape index (κ3) is 8.87. The normalized spacial score (nSPS) is 24.8. The number of rotatable bonds is 9. The van der Waals surface area contributed by atoms with E-state index in [2.05, 4.69) is 27.4 Å². The summed E-state index contributed by atoms with van der Waals surface area (Å²) in [5.74, 6) is 0.880. The summed E-state index contributed by atoms with van der Waals surface area (Å²) in [7, 11) is -2.95. The van der Waals surface area contributed by atoms with Crippen LogP contribution in [0, 0.1) is 0 Å². The van der Waals surface area contributed by atoms with E-state index in [9.17, 15) is 8.42 Å². The van der Waals surface area contributed by atoms with Crippen LogP contribution >= 0.6 is 24.0 Å². The zero-order valence-corrected chi connectivity index (χ0v) is 18.7. The standard InChI is InChI=1S/C16H32N4O3S.HI/c1-4-17-16(18-7-8-23-9-10-24(3,21)22)19-14-11-13(2)20(12-14)15-5-6-15;/h13-15H,4-12H2,1-3H3,(H2,17,18,19);1H. The van der Waals surface area contributed by atoms with Gasteiger partial charge in [-0.3, -0.25) is 9.89 Å². The van der Waals surface area contributed by atoms with Crippen LogP contribution < -0.4 is 10.6 Å². The molecule has 1 aliphatic heterocycles. The fourth-order valence-corrected chi connectivity index (χ4v) is 3.54. The fourth-order valence-electron chi connectivity index (χ4n) is 3.12. The zero-order valence-electron chi connectivity index (χ0n) is 15.5. The maximum absolute atomic E-state index is 11.0. The lowest BCUT2D eigenvalue weighted by Crippen LogP contribution is -2.45. The van der Waals surface area contributed by atoms with Gasteiger partial charge in [0.05, 0.1) is 25.5 Å². The van der Waals surface area contributed by atoms with E-state index in [0.29, 0.717) is 25.2 Å². The lowest BCUT2D eigenvalue weighted by Gasteiger charge is -2.20. The number of sulfone groups is 1. The summed E-state index contributed by atoms with van der Waals surface area (Å²) >= 11 is 0. The molecule has 0 aromatic rings. The number of hydrogen-bond donors (Lipinski definition) is 2. The highest BCUT2D eigenvalue weighted by atomic mass is 127.